The van der Waals surface area contributed by atoms with Crippen LogP contribution in [-0.2, 0) is 9.47 Å². The highest BCUT2D eigenvalue weighted by Crippen LogP contribution is 1.85. The summed E-state index contributed by atoms with van der Waals surface area (Å²) >= 11 is 0. The van der Waals surface area contributed by atoms with Gasteiger partial charge in [0.1, 0.15) is 0 Å². The summed E-state index contributed by atoms with van der Waals surface area (Å²) in [4.78, 5) is 0. The molecule has 0 saturated carbocycles. The summed E-state index contributed by atoms with van der Waals surface area (Å²) in [5.74, 6) is 0. The van der Waals surface area contributed by atoms with Crippen molar-refractivity contribution in [1.29, 1.82) is 0 Å². The topological polar surface area (TPSA) is 44.5 Å². The van der Waals surface area contributed by atoms with Crippen molar-refractivity contribution in [2.75, 3.05) is 26.4 Å². The number of rotatable bonds is 7. The zero-order valence-electron chi connectivity index (χ0n) is 7.08. The molecular formula is C8H17NO2. The predicted molar refractivity (Wildman–Crippen MR) is 45.3 cm³/mol. The SMILES string of the molecule is CC=COCCCOCCN. The standard InChI is InChI=1S/C8H17NO2/c1-2-5-10-6-3-7-11-8-4-9/h2,5H,3-4,6-9H2,1H3. The van der Waals surface area contributed by atoms with E-state index in [0.717, 1.165) is 19.6 Å². The third kappa shape index (κ3) is 9.46. The fourth-order valence-corrected chi connectivity index (χ4v) is 0.594. The summed E-state index contributed by atoms with van der Waals surface area (Å²) < 4.78 is 10.2. The lowest BCUT2D eigenvalue weighted by Crippen LogP contribution is -2.09. The Kier molecular flexibility index (Phi) is 9.00. The van der Waals surface area contributed by atoms with Crippen LogP contribution in [0.3, 0.4) is 0 Å². The average molecular weight is 159 g/mol. The molecule has 3 heteroatoms. The maximum Gasteiger partial charge on any atom is 0.0895 e. The van der Waals surface area contributed by atoms with Crippen molar-refractivity contribution in [3.63, 3.8) is 0 Å². The molecule has 66 valence electrons. The van der Waals surface area contributed by atoms with Crippen LogP contribution < -0.4 is 5.73 Å². The molecule has 0 fully saturated rings. The Labute approximate surface area is 68.2 Å². The Balaban J connectivity index is 2.79. The van der Waals surface area contributed by atoms with Crippen molar-refractivity contribution < 1.29 is 9.47 Å². The molecule has 0 aliphatic rings. The molecule has 0 aliphatic carbocycles. The number of hydrogen-bond donors (Lipinski definition) is 1. The van der Waals surface area contributed by atoms with Crippen LogP contribution in [0.5, 0.6) is 0 Å². The van der Waals surface area contributed by atoms with Gasteiger partial charge in [-0.15, -0.1) is 0 Å². The summed E-state index contributed by atoms with van der Waals surface area (Å²) in [6, 6.07) is 0. The van der Waals surface area contributed by atoms with Crippen LogP contribution in [0.2, 0.25) is 0 Å². The van der Waals surface area contributed by atoms with Crippen LogP contribution in [0.25, 0.3) is 0 Å². The van der Waals surface area contributed by atoms with E-state index in [9.17, 15) is 0 Å². The molecule has 0 atom stereocenters. The first kappa shape index (κ1) is 10.5. The highest BCUT2D eigenvalue weighted by molar-refractivity contribution is 4.64. The second-order valence-electron chi connectivity index (χ2n) is 2.09. The number of ether oxygens (including phenoxy) is 2. The number of nitrogens with two attached hydrogens (primary N) is 1. The molecule has 0 radical (unpaired) electrons. The van der Waals surface area contributed by atoms with Gasteiger partial charge < -0.3 is 15.2 Å². The maximum atomic E-state index is 5.22. The number of hydrogen-bond acceptors (Lipinski definition) is 3. The Morgan fingerprint density at radius 3 is 2.73 bits per heavy atom. The Bertz CT molecular complexity index is 94.1. The van der Waals surface area contributed by atoms with E-state index in [0.29, 0.717) is 13.2 Å². The minimum absolute atomic E-state index is 0.593. The van der Waals surface area contributed by atoms with Crippen molar-refractivity contribution in [3.8, 4) is 0 Å². The molecule has 0 aromatic heterocycles. The Hall–Kier alpha value is -0.540. The van der Waals surface area contributed by atoms with Crippen LogP contribution in [0.15, 0.2) is 12.3 Å². The average Bonchev–Trinajstić information content (AvgIpc) is 2.03. The number of allylic oxidation sites excluding steroid dienone is 1. The molecule has 0 rings (SSSR count). The molecule has 0 unspecified atom stereocenters. The molecule has 0 heterocycles. The molecule has 3 nitrogen and oxygen atoms in total. The molecule has 0 aromatic rings. The van der Waals surface area contributed by atoms with E-state index in [1.807, 2.05) is 13.0 Å². The largest absolute Gasteiger partial charge is 0.501 e. The lowest BCUT2D eigenvalue weighted by Gasteiger charge is -2.01. The maximum absolute atomic E-state index is 5.22. The molecule has 0 aliphatic heterocycles. The smallest absolute Gasteiger partial charge is 0.0895 e. The second kappa shape index (κ2) is 9.46. The van der Waals surface area contributed by atoms with Gasteiger partial charge in [-0.25, -0.2) is 0 Å². The van der Waals surface area contributed by atoms with Crippen LogP contribution in [0.4, 0.5) is 0 Å². The zero-order valence-corrected chi connectivity index (χ0v) is 7.08. The first-order valence-corrected chi connectivity index (χ1v) is 3.92. The monoisotopic (exact) mass is 159 g/mol. The Morgan fingerprint density at radius 2 is 2.09 bits per heavy atom. The summed E-state index contributed by atoms with van der Waals surface area (Å²) in [6.07, 6.45) is 4.47. The lowest BCUT2D eigenvalue weighted by molar-refractivity contribution is 0.117. The van der Waals surface area contributed by atoms with Gasteiger partial charge in [-0.1, -0.05) is 6.08 Å². The van der Waals surface area contributed by atoms with Crippen LogP contribution in [-0.4, -0.2) is 26.4 Å². The van der Waals surface area contributed by atoms with E-state index in [1.54, 1.807) is 6.26 Å². The van der Waals surface area contributed by atoms with Crippen molar-refractivity contribution in [2.45, 2.75) is 13.3 Å². The van der Waals surface area contributed by atoms with E-state index in [2.05, 4.69) is 0 Å². The van der Waals surface area contributed by atoms with Crippen LogP contribution >= 0.6 is 0 Å². The minimum Gasteiger partial charge on any atom is -0.501 e. The molecule has 0 spiro atoms. The van der Waals surface area contributed by atoms with E-state index >= 15 is 0 Å². The Morgan fingerprint density at radius 1 is 1.27 bits per heavy atom. The quantitative estimate of drug-likeness (QED) is 0.443. The highest BCUT2D eigenvalue weighted by Gasteiger charge is 1.86. The van der Waals surface area contributed by atoms with Gasteiger partial charge in [-0.3, -0.25) is 0 Å². The van der Waals surface area contributed by atoms with E-state index in [4.69, 9.17) is 15.2 Å². The van der Waals surface area contributed by atoms with Gasteiger partial charge in [-0.05, 0) is 6.92 Å². The van der Waals surface area contributed by atoms with Gasteiger partial charge in [0.05, 0.1) is 19.5 Å². The second-order valence-corrected chi connectivity index (χ2v) is 2.09. The lowest BCUT2D eigenvalue weighted by atomic mass is 10.5. The van der Waals surface area contributed by atoms with Crippen molar-refractivity contribution >= 4 is 0 Å². The highest BCUT2D eigenvalue weighted by atomic mass is 16.5. The summed E-state index contributed by atoms with van der Waals surface area (Å²) in [5, 5.41) is 0. The van der Waals surface area contributed by atoms with Gasteiger partial charge in [-0.2, -0.15) is 0 Å². The van der Waals surface area contributed by atoms with Gasteiger partial charge in [0, 0.05) is 19.6 Å². The van der Waals surface area contributed by atoms with E-state index in [-0.39, 0.29) is 0 Å². The summed E-state index contributed by atoms with van der Waals surface area (Å²) in [7, 11) is 0. The van der Waals surface area contributed by atoms with E-state index < -0.39 is 0 Å². The third-order valence-corrected chi connectivity index (χ3v) is 1.05. The van der Waals surface area contributed by atoms with Crippen molar-refractivity contribution in [1.82, 2.24) is 0 Å². The fraction of sp³-hybridized carbons (Fsp3) is 0.750. The van der Waals surface area contributed by atoms with Crippen molar-refractivity contribution in [2.24, 2.45) is 5.73 Å². The molecule has 11 heavy (non-hydrogen) atoms. The van der Waals surface area contributed by atoms with Gasteiger partial charge in [0.2, 0.25) is 0 Å². The predicted octanol–water partition coefficient (Wildman–Crippen LogP) is 0.902. The molecule has 0 bridgehead atoms. The molecular weight excluding hydrogens is 142 g/mol. The minimum atomic E-state index is 0.593. The summed E-state index contributed by atoms with van der Waals surface area (Å²) in [5.41, 5.74) is 5.22. The normalized spacial score (nSPS) is 10.7. The summed E-state index contributed by atoms with van der Waals surface area (Å²) in [6.45, 7) is 4.61. The van der Waals surface area contributed by atoms with Crippen LogP contribution in [0.1, 0.15) is 13.3 Å². The first-order chi connectivity index (χ1) is 5.41. The molecule has 2 N–H and O–H groups in total. The van der Waals surface area contributed by atoms with Gasteiger partial charge >= 0.3 is 0 Å². The van der Waals surface area contributed by atoms with Gasteiger partial charge in [0.15, 0.2) is 0 Å². The van der Waals surface area contributed by atoms with Gasteiger partial charge in [0.25, 0.3) is 0 Å². The first-order valence-electron chi connectivity index (χ1n) is 3.92. The molecule has 0 amide bonds. The third-order valence-electron chi connectivity index (χ3n) is 1.05. The molecule has 0 aromatic carbocycles. The zero-order chi connectivity index (χ0) is 8.36. The fourth-order valence-electron chi connectivity index (χ4n) is 0.594. The van der Waals surface area contributed by atoms with Crippen molar-refractivity contribution in [3.05, 3.63) is 12.3 Å². The molecule has 0 saturated heterocycles. The van der Waals surface area contributed by atoms with E-state index in [1.165, 1.54) is 0 Å². The van der Waals surface area contributed by atoms with Crippen LogP contribution in [0, 0.1) is 0 Å².